The molecule has 1 fully saturated rings. The van der Waals surface area contributed by atoms with Crippen LogP contribution in [0.3, 0.4) is 0 Å². The summed E-state index contributed by atoms with van der Waals surface area (Å²) in [5.41, 5.74) is 7.33. The van der Waals surface area contributed by atoms with E-state index in [9.17, 15) is 8.42 Å². The molecule has 20 heavy (non-hydrogen) atoms. The van der Waals surface area contributed by atoms with Crippen molar-refractivity contribution in [3.05, 3.63) is 27.7 Å². The van der Waals surface area contributed by atoms with Crippen molar-refractivity contribution in [2.75, 3.05) is 0 Å². The Balaban J connectivity index is 2.30. The number of rotatable bonds is 5. The van der Waals surface area contributed by atoms with E-state index in [-0.39, 0.29) is 10.9 Å². The van der Waals surface area contributed by atoms with Crippen LogP contribution >= 0.6 is 15.9 Å². The SMILES string of the molecule is Cc1cc(CN)cc(S(=O)(=O)NC(C)C2CCC2)c1Br. The molecule has 3 N–H and O–H groups in total. The maximum Gasteiger partial charge on any atom is 0.241 e. The quantitative estimate of drug-likeness (QED) is 0.847. The Morgan fingerprint density at radius 1 is 1.45 bits per heavy atom. The Bertz CT molecular complexity index is 597. The normalized spacial score (nSPS) is 17.8. The molecular formula is C14H21BrN2O2S. The van der Waals surface area contributed by atoms with Gasteiger partial charge in [-0.1, -0.05) is 12.5 Å². The third-order valence-corrected chi connectivity index (χ3v) is 6.90. The number of sulfonamides is 1. The van der Waals surface area contributed by atoms with Crippen molar-refractivity contribution in [2.24, 2.45) is 11.7 Å². The second kappa shape index (κ2) is 6.13. The van der Waals surface area contributed by atoms with Crippen LogP contribution in [-0.2, 0) is 16.6 Å². The predicted molar refractivity (Wildman–Crippen MR) is 83.9 cm³/mol. The second-order valence-corrected chi connectivity index (χ2v) is 8.01. The lowest BCUT2D eigenvalue weighted by Crippen LogP contribution is -2.40. The molecule has 1 saturated carbocycles. The van der Waals surface area contributed by atoms with E-state index in [1.807, 2.05) is 19.9 Å². The van der Waals surface area contributed by atoms with Gasteiger partial charge in [-0.3, -0.25) is 0 Å². The summed E-state index contributed by atoms with van der Waals surface area (Å²) in [6, 6.07) is 3.52. The summed E-state index contributed by atoms with van der Waals surface area (Å²) in [7, 11) is -3.52. The first-order valence-electron chi connectivity index (χ1n) is 6.86. The van der Waals surface area contributed by atoms with Crippen molar-refractivity contribution in [3.8, 4) is 0 Å². The summed E-state index contributed by atoms with van der Waals surface area (Å²) in [5, 5.41) is 0. The van der Waals surface area contributed by atoms with E-state index in [4.69, 9.17) is 5.73 Å². The minimum absolute atomic E-state index is 0.0255. The van der Waals surface area contributed by atoms with Crippen molar-refractivity contribution >= 4 is 26.0 Å². The summed E-state index contributed by atoms with van der Waals surface area (Å²) in [6.07, 6.45) is 3.40. The molecule has 1 aromatic carbocycles. The molecule has 0 aliphatic heterocycles. The number of benzene rings is 1. The molecule has 4 nitrogen and oxygen atoms in total. The highest BCUT2D eigenvalue weighted by Gasteiger charge is 2.29. The summed E-state index contributed by atoms with van der Waals surface area (Å²) in [5.74, 6) is 0.460. The minimum atomic E-state index is -3.52. The molecule has 0 saturated heterocycles. The number of nitrogens with two attached hydrogens (primary N) is 1. The summed E-state index contributed by atoms with van der Waals surface area (Å²) in [6.45, 7) is 4.14. The molecule has 0 heterocycles. The summed E-state index contributed by atoms with van der Waals surface area (Å²) in [4.78, 5) is 0.282. The Labute approximate surface area is 129 Å². The van der Waals surface area contributed by atoms with Gasteiger partial charge in [0.05, 0.1) is 4.90 Å². The lowest BCUT2D eigenvalue weighted by atomic mass is 9.81. The van der Waals surface area contributed by atoms with Crippen LogP contribution in [0.15, 0.2) is 21.5 Å². The molecule has 1 aliphatic rings. The molecule has 2 rings (SSSR count). The number of hydrogen-bond donors (Lipinski definition) is 2. The van der Waals surface area contributed by atoms with Gasteiger partial charge in [0.25, 0.3) is 0 Å². The van der Waals surface area contributed by atoms with E-state index in [1.165, 1.54) is 6.42 Å². The van der Waals surface area contributed by atoms with E-state index >= 15 is 0 Å². The monoisotopic (exact) mass is 360 g/mol. The molecule has 6 heteroatoms. The van der Waals surface area contributed by atoms with Crippen LogP contribution in [0.2, 0.25) is 0 Å². The standard InChI is InChI=1S/C14H21BrN2O2S/c1-9-6-11(8-16)7-13(14(9)15)20(18,19)17-10(2)12-4-3-5-12/h6-7,10,12,17H,3-5,8,16H2,1-2H3. The van der Waals surface area contributed by atoms with Gasteiger partial charge in [0.15, 0.2) is 0 Å². The molecule has 112 valence electrons. The molecule has 0 spiro atoms. The third kappa shape index (κ3) is 3.24. The summed E-state index contributed by atoms with van der Waals surface area (Å²) < 4.78 is 28.5. The van der Waals surface area contributed by atoms with Crippen LogP contribution in [-0.4, -0.2) is 14.5 Å². The van der Waals surface area contributed by atoms with Gasteiger partial charge in [0, 0.05) is 17.1 Å². The molecule has 1 aliphatic carbocycles. The average molecular weight is 361 g/mol. The molecular weight excluding hydrogens is 340 g/mol. The number of hydrogen-bond acceptors (Lipinski definition) is 3. The molecule has 0 bridgehead atoms. The Morgan fingerprint density at radius 2 is 2.10 bits per heavy atom. The lowest BCUT2D eigenvalue weighted by molar-refractivity contribution is 0.260. The number of aryl methyl sites for hydroxylation is 1. The van der Waals surface area contributed by atoms with E-state index in [1.54, 1.807) is 6.07 Å². The maximum atomic E-state index is 12.5. The fraction of sp³-hybridized carbons (Fsp3) is 0.571. The van der Waals surface area contributed by atoms with E-state index in [0.29, 0.717) is 16.9 Å². The first kappa shape index (κ1) is 15.9. The number of halogens is 1. The highest BCUT2D eigenvalue weighted by Crippen LogP contribution is 2.32. The van der Waals surface area contributed by atoms with Gasteiger partial charge in [0.2, 0.25) is 10.0 Å². The molecule has 1 unspecified atom stereocenters. The van der Waals surface area contributed by atoms with Gasteiger partial charge in [-0.15, -0.1) is 0 Å². The van der Waals surface area contributed by atoms with Crippen molar-refractivity contribution in [1.82, 2.24) is 4.72 Å². The zero-order valence-electron chi connectivity index (χ0n) is 11.8. The van der Waals surface area contributed by atoms with Gasteiger partial charge in [0.1, 0.15) is 0 Å². The molecule has 1 atom stereocenters. The lowest BCUT2D eigenvalue weighted by Gasteiger charge is -2.31. The zero-order chi connectivity index (χ0) is 14.9. The van der Waals surface area contributed by atoms with Crippen LogP contribution in [0.5, 0.6) is 0 Å². The number of nitrogens with one attached hydrogen (secondary N) is 1. The van der Waals surface area contributed by atoms with E-state index in [0.717, 1.165) is 24.0 Å². The minimum Gasteiger partial charge on any atom is -0.326 e. The fourth-order valence-corrected chi connectivity index (χ4v) is 4.85. The van der Waals surface area contributed by atoms with Gasteiger partial charge in [-0.05, 0) is 65.7 Å². The molecule has 0 aromatic heterocycles. The van der Waals surface area contributed by atoms with Crippen LogP contribution < -0.4 is 10.5 Å². The third-order valence-electron chi connectivity index (χ3n) is 4.00. The maximum absolute atomic E-state index is 12.5. The van der Waals surface area contributed by atoms with E-state index in [2.05, 4.69) is 20.7 Å². The Kier molecular flexibility index (Phi) is 4.89. The van der Waals surface area contributed by atoms with Gasteiger partial charge in [-0.25, -0.2) is 13.1 Å². The molecule has 1 aromatic rings. The second-order valence-electron chi connectivity index (χ2n) is 5.53. The predicted octanol–water partition coefficient (Wildman–Crippen LogP) is 2.68. The van der Waals surface area contributed by atoms with Gasteiger partial charge < -0.3 is 5.73 Å². The van der Waals surface area contributed by atoms with Crippen LogP contribution in [0, 0.1) is 12.8 Å². The highest BCUT2D eigenvalue weighted by atomic mass is 79.9. The van der Waals surface area contributed by atoms with E-state index < -0.39 is 10.0 Å². The fourth-order valence-electron chi connectivity index (χ4n) is 2.47. The van der Waals surface area contributed by atoms with Gasteiger partial charge >= 0.3 is 0 Å². The van der Waals surface area contributed by atoms with Gasteiger partial charge in [-0.2, -0.15) is 0 Å². The first-order chi connectivity index (χ1) is 9.35. The first-order valence-corrected chi connectivity index (χ1v) is 9.14. The highest BCUT2D eigenvalue weighted by molar-refractivity contribution is 9.10. The van der Waals surface area contributed by atoms with Crippen molar-refractivity contribution < 1.29 is 8.42 Å². The smallest absolute Gasteiger partial charge is 0.241 e. The Hall–Kier alpha value is -0.430. The average Bonchev–Trinajstić information content (AvgIpc) is 2.29. The largest absolute Gasteiger partial charge is 0.326 e. The van der Waals surface area contributed by atoms with Crippen LogP contribution in [0.25, 0.3) is 0 Å². The van der Waals surface area contributed by atoms with Crippen molar-refractivity contribution in [2.45, 2.75) is 50.6 Å². The Morgan fingerprint density at radius 3 is 2.60 bits per heavy atom. The summed E-state index contributed by atoms with van der Waals surface area (Å²) >= 11 is 3.38. The van der Waals surface area contributed by atoms with Crippen LogP contribution in [0.4, 0.5) is 0 Å². The zero-order valence-corrected chi connectivity index (χ0v) is 14.2. The van der Waals surface area contributed by atoms with Crippen molar-refractivity contribution in [1.29, 1.82) is 0 Å². The topological polar surface area (TPSA) is 72.2 Å². The molecule has 0 radical (unpaired) electrons. The van der Waals surface area contributed by atoms with Crippen molar-refractivity contribution in [3.63, 3.8) is 0 Å². The molecule has 0 amide bonds. The van der Waals surface area contributed by atoms with Crippen LogP contribution in [0.1, 0.15) is 37.3 Å².